The number of para-hydroxylation sites is 1. The highest BCUT2D eigenvalue weighted by Crippen LogP contribution is 2.18. The van der Waals surface area contributed by atoms with Crippen LogP contribution in [0.1, 0.15) is 12.5 Å². The lowest BCUT2D eigenvalue weighted by Crippen LogP contribution is -2.23. The molecule has 0 heterocycles. The van der Waals surface area contributed by atoms with Gasteiger partial charge < -0.3 is 15.0 Å². The van der Waals surface area contributed by atoms with Crippen molar-refractivity contribution in [2.75, 3.05) is 23.9 Å². The number of aryl methyl sites for hydroxylation is 1. The number of benzene rings is 2. The molecule has 0 saturated carbocycles. The molecule has 0 spiro atoms. The summed E-state index contributed by atoms with van der Waals surface area (Å²) in [5.74, 6) is 0.412. The van der Waals surface area contributed by atoms with Crippen LogP contribution in [-0.2, 0) is 9.59 Å². The van der Waals surface area contributed by atoms with Gasteiger partial charge in [-0.05, 0) is 42.8 Å². The van der Waals surface area contributed by atoms with Gasteiger partial charge in [0, 0.05) is 25.3 Å². The van der Waals surface area contributed by atoms with E-state index < -0.39 is 0 Å². The fourth-order valence-corrected chi connectivity index (χ4v) is 2.01. The molecule has 0 aromatic heterocycles. The molecule has 0 unspecified atom stereocenters. The number of carbonyl (C=O) groups is 2. The lowest BCUT2D eigenvalue weighted by atomic mass is 10.2. The first-order chi connectivity index (χ1) is 11.0. The van der Waals surface area contributed by atoms with E-state index >= 15 is 0 Å². The van der Waals surface area contributed by atoms with E-state index in [2.05, 4.69) is 5.32 Å². The number of anilines is 2. The first-order valence-electron chi connectivity index (χ1n) is 7.30. The summed E-state index contributed by atoms with van der Waals surface area (Å²) in [4.78, 5) is 24.8. The van der Waals surface area contributed by atoms with Crippen LogP contribution in [0.2, 0.25) is 0 Å². The molecule has 2 rings (SSSR count). The first-order valence-corrected chi connectivity index (χ1v) is 7.30. The summed E-state index contributed by atoms with van der Waals surface area (Å²) in [5.41, 5.74) is 2.41. The quantitative estimate of drug-likeness (QED) is 0.923. The van der Waals surface area contributed by atoms with E-state index in [0.717, 1.165) is 11.3 Å². The summed E-state index contributed by atoms with van der Waals surface area (Å²) in [7, 11) is 1.70. The summed E-state index contributed by atoms with van der Waals surface area (Å²) in [6.45, 7) is 3.37. The SMILES string of the molecule is CC(=O)N(C)c1ccc(NC(=O)COc2ccccc2C)cc1. The molecule has 0 bridgehead atoms. The van der Waals surface area contributed by atoms with E-state index in [-0.39, 0.29) is 18.4 Å². The van der Waals surface area contributed by atoms with Gasteiger partial charge in [-0.2, -0.15) is 0 Å². The molecule has 2 aromatic rings. The molecular weight excluding hydrogens is 292 g/mol. The Kier molecular flexibility index (Phi) is 5.36. The van der Waals surface area contributed by atoms with Gasteiger partial charge in [0.1, 0.15) is 5.75 Å². The topological polar surface area (TPSA) is 58.6 Å². The Bertz CT molecular complexity index is 696. The third kappa shape index (κ3) is 4.57. The minimum Gasteiger partial charge on any atom is -0.483 e. The van der Waals surface area contributed by atoms with Crippen molar-refractivity contribution in [3.05, 3.63) is 54.1 Å². The van der Waals surface area contributed by atoms with Crippen LogP contribution in [0.3, 0.4) is 0 Å². The van der Waals surface area contributed by atoms with Gasteiger partial charge in [-0.3, -0.25) is 9.59 Å². The standard InChI is InChI=1S/C18H20N2O3/c1-13-6-4-5-7-17(13)23-12-18(22)19-15-8-10-16(11-9-15)20(3)14(2)21/h4-11H,12H2,1-3H3,(H,19,22). The van der Waals surface area contributed by atoms with E-state index in [1.807, 2.05) is 31.2 Å². The summed E-state index contributed by atoms with van der Waals surface area (Å²) in [5, 5.41) is 2.76. The molecule has 0 atom stereocenters. The smallest absolute Gasteiger partial charge is 0.262 e. The number of hydrogen-bond donors (Lipinski definition) is 1. The van der Waals surface area contributed by atoms with Crippen molar-refractivity contribution < 1.29 is 14.3 Å². The number of hydrogen-bond acceptors (Lipinski definition) is 3. The van der Waals surface area contributed by atoms with Gasteiger partial charge in [0.05, 0.1) is 0 Å². The molecule has 2 aromatic carbocycles. The minimum absolute atomic E-state index is 0.0478. The van der Waals surface area contributed by atoms with E-state index in [9.17, 15) is 9.59 Å². The van der Waals surface area contributed by atoms with Crippen molar-refractivity contribution in [3.8, 4) is 5.75 Å². The van der Waals surface area contributed by atoms with Crippen molar-refractivity contribution in [1.29, 1.82) is 0 Å². The van der Waals surface area contributed by atoms with Gasteiger partial charge in [0.15, 0.2) is 6.61 Å². The van der Waals surface area contributed by atoms with E-state index in [1.54, 1.807) is 31.3 Å². The Morgan fingerprint density at radius 1 is 1.09 bits per heavy atom. The van der Waals surface area contributed by atoms with Crippen LogP contribution in [0, 0.1) is 6.92 Å². The molecule has 2 amide bonds. The number of carbonyl (C=O) groups excluding carboxylic acids is 2. The van der Waals surface area contributed by atoms with Gasteiger partial charge in [0.2, 0.25) is 5.91 Å². The Hall–Kier alpha value is -2.82. The van der Waals surface area contributed by atoms with E-state index in [4.69, 9.17) is 4.74 Å². The fourth-order valence-electron chi connectivity index (χ4n) is 2.01. The van der Waals surface area contributed by atoms with Crippen molar-refractivity contribution in [3.63, 3.8) is 0 Å². The predicted octanol–water partition coefficient (Wildman–Crippen LogP) is 3.00. The highest BCUT2D eigenvalue weighted by molar-refractivity contribution is 5.93. The molecule has 120 valence electrons. The summed E-state index contributed by atoms with van der Waals surface area (Å²) in [6, 6.07) is 14.6. The molecule has 1 N–H and O–H groups in total. The fraction of sp³-hybridized carbons (Fsp3) is 0.222. The monoisotopic (exact) mass is 312 g/mol. The maximum atomic E-state index is 11.9. The van der Waals surface area contributed by atoms with Crippen LogP contribution >= 0.6 is 0 Å². The number of nitrogens with zero attached hydrogens (tertiary/aromatic N) is 1. The van der Waals surface area contributed by atoms with Gasteiger partial charge in [-0.15, -0.1) is 0 Å². The molecule has 5 heteroatoms. The minimum atomic E-state index is -0.235. The number of ether oxygens (including phenoxy) is 1. The van der Waals surface area contributed by atoms with Crippen LogP contribution in [-0.4, -0.2) is 25.5 Å². The van der Waals surface area contributed by atoms with Crippen LogP contribution in [0.5, 0.6) is 5.75 Å². The molecule has 0 aliphatic rings. The second kappa shape index (κ2) is 7.45. The van der Waals surface area contributed by atoms with Crippen LogP contribution < -0.4 is 15.0 Å². The highest BCUT2D eigenvalue weighted by atomic mass is 16.5. The Balaban J connectivity index is 1.90. The van der Waals surface area contributed by atoms with Gasteiger partial charge >= 0.3 is 0 Å². The van der Waals surface area contributed by atoms with E-state index in [1.165, 1.54) is 11.8 Å². The zero-order valence-electron chi connectivity index (χ0n) is 13.5. The molecule has 0 saturated heterocycles. The van der Waals surface area contributed by atoms with Crippen LogP contribution in [0.4, 0.5) is 11.4 Å². The van der Waals surface area contributed by atoms with E-state index in [0.29, 0.717) is 11.4 Å². The summed E-state index contributed by atoms with van der Waals surface area (Å²) in [6.07, 6.45) is 0. The van der Waals surface area contributed by atoms with Gasteiger partial charge in [0.25, 0.3) is 5.91 Å². The Morgan fingerprint density at radius 3 is 2.35 bits per heavy atom. The molecule has 0 aliphatic carbocycles. The van der Waals surface area contributed by atoms with Crippen LogP contribution in [0.25, 0.3) is 0 Å². The third-order valence-corrected chi connectivity index (χ3v) is 3.46. The Morgan fingerprint density at radius 2 is 1.74 bits per heavy atom. The van der Waals surface area contributed by atoms with Gasteiger partial charge in [-0.1, -0.05) is 18.2 Å². The number of nitrogens with one attached hydrogen (secondary N) is 1. The predicted molar refractivity (Wildman–Crippen MR) is 90.8 cm³/mol. The lowest BCUT2D eigenvalue weighted by molar-refractivity contribution is -0.118. The van der Waals surface area contributed by atoms with Gasteiger partial charge in [-0.25, -0.2) is 0 Å². The highest BCUT2D eigenvalue weighted by Gasteiger charge is 2.07. The van der Waals surface area contributed by atoms with Crippen molar-refractivity contribution in [2.45, 2.75) is 13.8 Å². The second-order valence-corrected chi connectivity index (χ2v) is 5.23. The first kappa shape index (κ1) is 16.5. The maximum Gasteiger partial charge on any atom is 0.262 e. The average Bonchev–Trinajstić information content (AvgIpc) is 2.54. The molecule has 0 radical (unpaired) electrons. The lowest BCUT2D eigenvalue weighted by Gasteiger charge is -2.15. The number of amides is 2. The molecule has 5 nitrogen and oxygen atoms in total. The molecule has 0 fully saturated rings. The zero-order chi connectivity index (χ0) is 16.8. The summed E-state index contributed by atoms with van der Waals surface area (Å²) < 4.78 is 5.50. The number of rotatable bonds is 5. The zero-order valence-corrected chi connectivity index (χ0v) is 13.5. The third-order valence-electron chi connectivity index (χ3n) is 3.46. The normalized spacial score (nSPS) is 10.0. The maximum absolute atomic E-state index is 11.9. The summed E-state index contributed by atoms with van der Waals surface area (Å²) >= 11 is 0. The van der Waals surface area contributed by atoms with Crippen molar-refractivity contribution in [2.24, 2.45) is 0 Å². The molecule has 0 aliphatic heterocycles. The van der Waals surface area contributed by atoms with Crippen molar-refractivity contribution in [1.82, 2.24) is 0 Å². The molecule has 23 heavy (non-hydrogen) atoms. The Labute approximate surface area is 135 Å². The van der Waals surface area contributed by atoms with Crippen LogP contribution in [0.15, 0.2) is 48.5 Å². The molecular formula is C18H20N2O3. The van der Waals surface area contributed by atoms with Crippen molar-refractivity contribution >= 4 is 23.2 Å². The average molecular weight is 312 g/mol. The largest absolute Gasteiger partial charge is 0.483 e. The second-order valence-electron chi connectivity index (χ2n) is 5.23.